The summed E-state index contributed by atoms with van der Waals surface area (Å²) in [7, 11) is 0. The van der Waals surface area contributed by atoms with Gasteiger partial charge in [-0.05, 0) is 45.4 Å². The van der Waals surface area contributed by atoms with Crippen molar-refractivity contribution in [1.82, 2.24) is 15.5 Å². The summed E-state index contributed by atoms with van der Waals surface area (Å²) in [6, 6.07) is 7.32. The molecule has 0 saturated heterocycles. The lowest BCUT2D eigenvalue weighted by molar-refractivity contribution is 0.0943. The van der Waals surface area contributed by atoms with Crippen LogP contribution in [0, 0.1) is 0 Å². The minimum Gasteiger partial charge on any atom is -0.350 e. The highest BCUT2D eigenvalue weighted by molar-refractivity contribution is 5.94. The second-order valence-corrected chi connectivity index (χ2v) is 5.16. The van der Waals surface area contributed by atoms with Crippen molar-refractivity contribution in [1.29, 1.82) is 0 Å². The number of carbonyl (C=O) groups excluding carboxylic acids is 2. The van der Waals surface area contributed by atoms with E-state index in [0.717, 1.165) is 5.56 Å². The van der Waals surface area contributed by atoms with Gasteiger partial charge < -0.3 is 15.5 Å². The monoisotopic (exact) mass is 291 g/mol. The summed E-state index contributed by atoms with van der Waals surface area (Å²) in [5.41, 5.74) is 1.52. The highest BCUT2D eigenvalue weighted by Gasteiger charge is 2.10. The van der Waals surface area contributed by atoms with E-state index in [-0.39, 0.29) is 18.0 Å². The van der Waals surface area contributed by atoms with Crippen molar-refractivity contribution in [3.63, 3.8) is 0 Å². The van der Waals surface area contributed by atoms with Gasteiger partial charge in [-0.15, -0.1) is 0 Å². The van der Waals surface area contributed by atoms with E-state index in [1.807, 2.05) is 39.8 Å². The molecule has 0 bridgehead atoms. The molecule has 0 aliphatic heterocycles. The molecule has 0 spiro atoms. The van der Waals surface area contributed by atoms with E-state index >= 15 is 0 Å². The summed E-state index contributed by atoms with van der Waals surface area (Å²) in [5, 5.41) is 5.72. The van der Waals surface area contributed by atoms with Crippen LogP contribution in [0.15, 0.2) is 24.3 Å². The maximum absolute atomic E-state index is 11.9. The Kier molecular flexibility index (Phi) is 6.72. The Morgan fingerprint density at radius 3 is 2.43 bits per heavy atom. The zero-order chi connectivity index (χ0) is 15.8. The maximum atomic E-state index is 11.9. The molecule has 1 rings (SSSR count). The lowest BCUT2D eigenvalue weighted by Gasteiger charge is -2.19. The van der Waals surface area contributed by atoms with Crippen LogP contribution in [0.3, 0.4) is 0 Å². The molecular formula is C16H25N3O2. The highest BCUT2D eigenvalue weighted by Crippen LogP contribution is 2.06. The van der Waals surface area contributed by atoms with Gasteiger partial charge in [0.2, 0.25) is 0 Å². The summed E-state index contributed by atoms with van der Waals surface area (Å²) in [4.78, 5) is 25.5. The molecule has 0 radical (unpaired) electrons. The third kappa shape index (κ3) is 5.45. The fraction of sp³-hybridized carbons (Fsp3) is 0.500. The van der Waals surface area contributed by atoms with Gasteiger partial charge in [0.1, 0.15) is 0 Å². The summed E-state index contributed by atoms with van der Waals surface area (Å²) >= 11 is 0. The van der Waals surface area contributed by atoms with Crippen LogP contribution in [-0.2, 0) is 6.54 Å². The van der Waals surface area contributed by atoms with Crippen LogP contribution >= 0.6 is 0 Å². The molecule has 0 saturated carbocycles. The zero-order valence-electron chi connectivity index (χ0n) is 13.3. The van der Waals surface area contributed by atoms with E-state index in [0.29, 0.717) is 25.2 Å². The van der Waals surface area contributed by atoms with E-state index in [2.05, 4.69) is 10.6 Å². The van der Waals surface area contributed by atoms with Crippen LogP contribution in [0.1, 0.15) is 43.6 Å². The first-order valence-corrected chi connectivity index (χ1v) is 7.40. The molecule has 5 nitrogen and oxygen atoms in total. The summed E-state index contributed by atoms with van der Waals surface area (Å²) in [6.45, 7) is 9.51. The quantitative estimate of drug-likeness (QED) is 0.845. The number of benzene rings is 1. The van der Waals surface area contributed by atoms with E-state index in [9.17, 15) is 9.59 Å². The molecule has 0 heterocycles. The summed E-state index contributed by atoms with van der Waals surface area (Å²) in [6.07, 6.45) is 0. The molecule has 116 valence electrons. The van der Waals surface area contributed by atoms with Gasteiger partial charge in [0.25, 0.3) is 5.91 Å². The maximum Gasteiger partial charge on any atom is 0.317 e. The zero-order valence-corrected chi connectivity index (χ0v) is 13.3. The molecule has 0 aliphatic carbocycles. The van der Waals surface area contributed by atoms with Gasteiger partial charge in [0.05, 0.1) is 0 Å². The number of urea groups is 1. The second kappa shape index (κ2) is 8.29. The molecule has 1 aromatic carbocycles. The van der Waals surface area contributed by atoms with Crippen molar-refractivity contribution in [3.05, 3.63) is 35.4 Å². The first-order valence-electron chi connectivity index (χ1n) is 7.40. The molecule has 3 amide bonds. The normalized spacial score (nSPS) is 10.3. The van der Waals surface area contributed by atoms with Crippen LogP contribution in [-0.4, -0.2) is 36.0 Å². The van der Waals surface area contributed by atoms with Gasteiger partial charge in [-0.25, -0.2) is 4.79 Å². The third-order valence-electron chi connectivity index (χ3n) is 3.10. The predicted molar refractivity (Wildman–Crippen MR) is 84.2 cm³/mol. The number of nitrogens with one attached hydrogen (secondary N) is 2. The standard InChI is InChI=1S/C16H25N3O2/c1-5-19(6-2)16(21)17-11-13-8-7-9-14(10-13)15(20)18-12(3)4/h7-10,12H,5-6,11H2,1-4H3,(H,17,21)(H,18,20). The van der Waals surface area contributed by atoms with Gasteiger partial charge in [-0.1, -0.05) is 12.1 Å². The lowest BCUT2D eigenvalue weighted by atomic mass is 10.1. The van der Waals surface area contributed by atoms with Gasteiger partial charge in [-0.3, -0.25) is 4.79 Å². The van der Waals surface area contributed by atoms with Gasteiger partial charge in [0.15, 0.2) is 0 Å². The van der Waals surface area contributed by atoms with Crippen molar-refractivity contribution >= 4 is 11.9 Å². The van der Waals surface area contributed by atoms with Gasteiger partial charge in [-0.2, -0.15) is 0 Å². The van der Waals surface area contributed by atoms with E-state index < -0.39 is 0 Å². The molecule has 21 heavy (non-hydrogen) atoms. The van der Waals surface area contributed by atoms with Crippen LogP contribution < -0.4 is 10.6 Å². The first-order chi connectivity index (χ1) is 9.97. The molecule has 0 aromatic heterocycles. The van der Waals surface area contributed by atoms with Crippen LogP contribution in [0.2, 0.25) is 0 Å². The Labute approximate surface area is 126 Å². The molecule has 2 N–H and O–H groups in total. The van der Waals surface area contributed by atoms with Gasteiger partial charge >= 0.3 is 6.03 Å². The molecular weight excluding hydrogens is 266 g/mol. The van der Waals surface area contributed by atoms with Crippen LogP contribution in [0.4, 0.5) is 4.79 Å². The molecule has 1 aromatic rings. The van der Waals surface area contributed by atoms with Crippen molar-refractivity contribution in [2.24, 2.45) is 0 Å². The first kappa shape index (κ1) is 17.0. The average Bonchev–Trinajstić information content (AvgIpc) is 2.46. The molecule has 0 atom stereocenters. The fourth-order valence-corrected chi connectivity index (χ4v) is 1.97. The minimum absolute atomic E-state index is 0.0861. The van der Waals surface area contributed by atoms with Crippen molar-refractivity contribution in [2.75, 3.05) is 13.1 Å². The lowest BCUT2D eigenvalue weighted by Crippen LogP contribution is -2.39. The highest BCUT2D eigenvalue weighted by atomic mass is 16.2. The number of nitrogens with zero attached hydrogens (tertiary/aromatic N) is 1. The Hall–Kier alpha value is -2.04. The SMILES string of the molecule is CCN(CC)C(=O)NCc1cccc(C(=O)NC(C)C)c1. The van der Waals surface area contributed by atoms with Crippen molar-refractivity contribution < 1.29 is 9.59 Å². The van der Waals surface area contributed by atoms with Crippen molar-refractivity contribution in [3.8, 4) is 0 Å². The Bertz CT molecular complexity index is 482. The van der Waals surface area contributed by atoms with E-state index in [1.165, 1.54) is 0 Å². The molecule has 0 fully saturated rings. The summed E-state index contributed by atoms with van der Waals surface area (Å²) < 4.78 is 0. The van der Waals surface area contributed by atoms with E-state index in [4.69, 9.17) is 0 Å². The summed E-state index contributed by atoms with van der Waals surface area (Å²) in [5.74, 6) is -0.0954. The van der Waals surface area contributed by atoms with Crippen molar-refractivity contribution in [2.45, 2.75) is 40.3 Å². The predicted octanol–water partition coefficient (Wildman–Crippen LogP) is 2.38. The molecule has 5 heteroatoms. The van der Waals surface area contributed by atoms with E-state index in [1.54, 1.807) is 17.0 Å². The largest absolute Gasteiger partial charge is 0.350 e. The third-order valence-corrected chi connectivity index (χ3v) is 3.10. The molecule has 0 unspecified atom stereocenters. The number of hydrogen-bond acceptors (Lipinski definition) is 2. The number of amides is 3. The van der Waals surface area contributed by atoms with Crippen LogP contribution in [0.25, 0.3) is 0 Å². The minimum atomic E-state index is -0.0954. The topological polar surface area (TPSA) is 61.4 Å². The average molecular weight is 291 g/mol. The van der Waals surface area contributed by atoms with Crippen LogP contribution in [0.5, 0.6) is 0 Å². The number of carbonyl (C=O) groups is 2. The number of hydrogen-bond donors (Lipinski definition) is 2. The molecule has 0 aliphatic rings. The Balaban J connectivity index is 2.65. The smallest absolute Gasteiger partial charge is 0.317 e. The Morgan fingerprint density at radius 1 is 1.19 bits per heavy atom. The number of rotatable bonds is 6. The Morgan fingerprint density at radius 2 is 1.86 bits per heavy atom. The second-order valence-electron chi connectivity index (χ2n) is 5.16. The van der Waals surface area contributed by atoms with Gasteiger partial charge in [0, 0.05) is 31.2 Å². The fourth-order valence-electron chi connectivity index (χ4n) is 1.97.